The van der Waals surface area contributed by atoms with Gasteiger partial charge in [0, 0.05) is 0 Å². The Morgan fingerprint density at radius 2 is 2.08 bits per heavy atom. The molecule has 70 valence electrons. The molecule has 1 aliphatic rings. The molecule has 4 nitrogen and oxygen atoms in total. The quantitative estimate of drug-likeness (QED) is 0.657. The number of benzene rings is 1. The van der Waals surface area contributed by atoms with Gasteiger partial charge in [0.25, 0.3) is 0 Å². The maximum atomic E-state index is 6.02. The number of nitrogens with one attached hydrogen (secondary N) is 1. The monoisotopic (exact) mass is 201 g/mol. The molecule has 0 spiro atoms. The lowest BCUT2D eigenvalue weighted by atomic mass is 10.2. The minimum Gasteiger partial charge on any atom is -0.486 e. The Kier molecular flexibility index (Phi) is 2.16. The van der Waals surface area contributed by atoms with Crippen LogP contribution < -0.4 is 20.7 Å². The molecule has 1 heterocycles. The number of ether oxygens (including phenoxy) is 2. The summed E-state index contributed by atoms with van der Waals surface area (Å²) in [6.45, 7) is 1.10. The Hall–Kier alpha value is -1.13. The summed E-state index contributed by atoms with van der Waals surface area (Å²) >= 11 is 6.02. The zero-order valence-electron chi connectivity index (χ0n) is 6.97. The fraction of sp³-hybridized carbons (Fsp3) is 0.250. The van der Waals surface area contributed by atoms with Crippen molar-refractivity contribution in [1.29, 1.82) is 0 Å². The third kappa shape index (κ3) is 1.38. The van der Waals surface area contributed by atoms with Crippen LogP contribution in [0.5, 0.6) is 11.5 Å². The van der Waals surface area contributed by atoms with Gasteiger partial charge in [0.05, 0.1) is 0 Å². The van der Waals surface area contributed by atoms with E-state index in [1.807, 2.05) is 12.1 Å². The minimum atomic E-state index is 0.521. The predicted molar refractivity (Wildman–Crippen MR) is 49.0 cm³/mol. The van der Waals surface area contributed by atoms with Crippen LogP contribution in [0.25, 0.3) is 0 Å². The second-order valence-corrected chi connectivity index (χ2v) is 3.01. The van der Waals surface area contributed by atoms with Gasteiger partial charge in [0.1, 0.15) is 23.9 Å². The van der Waals surface area contributed by atoms with Crippen LogP contribution in [0.2, 0.25) is 5.02 Å². The van der Waals surface area contributed by atoms with E-state index in [1.165, 1.54) is 0 Å². The van der Waals surface area contributed by atoms with Gasteiger partial charge in [-0.1, -0.05) is 11.6 Å². The highest BCUT2D eigenvalue weighted by Gasteiger charge is 2.17. The molecule has 0 saturated heterocycles. The number of hydrogen-bond donors (Lipinski definition) is 2. The smallest absolute Gasteiger partial charge is 0.182 e. The van der Waals surface area contributed by atoms with E-state index in [2.05, 4.69) is 11.3 Å². The molecule has 13 heavy (non-hydrogen) atoms. The Morgan fingerprint density at radius 3 is 2.85 bits per heavy atom. The molecule has 2 rings (SSSR count). The van der Waals surface area contributed by atoms with E-state index < -0.39 is 0 Å². The first-order valence-corrected chi connectivity index (χ1v) is 4.32. The van der Waals surface area contributed by atoms with Crippen molar-refractivity contribution in [3.05, 3.63) is 17.2 Å². The van der Waals surface area contributed by atoms with Crippen LogP contribution in [0.1, 0.15) is 0 Å². The van der Waals surface area contributed by atoms with Crippen molar-refractivity contribution in [3.8, 4) is 11.5 Å². The SMILES string of the molecule is [NH3+]Nc1ccc2c(c1Cl)OCCO2. The lowest BCUT2D eigenvalue weighted by molar-refractivity contribution is -0.325. The van der Waals surface area contributed by atoms with Gasteiger partial charge in [-0.05, 0) is 12.1 Å². The molecule has 1 aromatic rings. The first kappa shape index (κ1) is 8.47. The van der Waals surface area contributed by atoms with Gasteiger partial charge in [-0.2, -0.15) is 0 Å². The maximum absolute atomic E-state index is 6.02. The predicted octanol–water partition coefficient (Wildman–Crippen LogP) is 0.680. The molecule has 1 aliphatic heterocycles. The molecule has 4 N–H and O–H groups in total. The summed E-state index contributed by atoms with van der Waals surface area (Å²) in [4.78, 5) is 0. The zero-order valence-corrected chi connectivity index (χ0v) is 7.73. The van der Waals surface area contributed by atoms with Gasteiger partial charge in [0.15, 0.2) is 11.5 Å². The molecule has 0 radical (unpaired) electrons. The number of hydrogen-bond acceptors (Lipinski definition) is 3. The highest BCUT2D eigenvalue weighted by Crippen LogP contribution is 2.41. The van der Waals surface area contributed by atoms with Gasteiger partial charge < -0.3 is 9.47 Å². The molecule has 0 atom stereocenters. The number of anilines is 1. The Bertz CT molecular complexity index is 330. The molecule has 0 bridgehead atoms. The summed E-state index contributed by atoms with van der Waals surface area (Å²) in [5, 5.41) is 0.521. The highest BCUT2D eigenvalue weighted by atomic mass is 35.5. The van der Waals surface area contributed by atoms with Gasteiger partial charge in [-0.15, -0.1) is 0 Å². The highest BCUT2D eigenvalue weighted by molar-refractivity contribution is 6.35. The largest absolute Gasteiger partial charge is 0.486 e. The molecule has 1 aromatic carbocycles. The number of halogens is 1. The van der Waals surface area contributed by atoms with Gasteiger partial charge in [-0.25, -0.2) is 5.43 Å². The first-order chi connectivity index (χ1) is 6.33. The summed E-state index contributed by atoms with van der Waals surface area (Å²) in [5.74, 6) is 4.82. The van der Waals surface area contributed by atoms with Crippen molar-refractivity contribution in [3.63, 3.8) is 0 Å². The number of rotatable bonds is 1. The van der Waals surface area contributed by atoms with E-state index in [9.17, 15) is 0 Å². The molecule has 0 fully saturated rings. The third-order valence-electron chi connectivity index (χ3n) is 1.84. The topological polar surface area (TPSA) is 58.1 Å². The van der Waals surface area contributed by atoms with Gasteiger partial charge in [-0.3, -0.25) is 5.84 Å². The molecule has 0 aliphatic carbocycles. The summed E-state index contributed by atoms with van der Waals surface area (Å²) in [5.41, 5.74) is 3.47. The van der Waals surface area contributed by atoms with Crippen LogP contribution in [0.15, 0.2) is 12.1 Å². The molecule has 5 heteroatoms. The van der Waals surface area contributed by atoms with E-state index in [1.54, 1.807) is 0 Å². The van der Waals surface area contributed by atoms with Crippen LogP contribution in [-0.4, -0.2) is 13.2 Å². The molecular weight excluding hydrogens is 192 g/mol. The Morgan fingerprint density at radius 1 is 1.31 bits per heavy atom. The summed E-state index contributed by atoms with van der Waals surface area (Å²) < 4.78 is 10.7. The first-order valence-electron chi connectivity index (χ1n) is 3.94. The van der Waals surface area contributed by atoms with Crippen molar-refractivity contribution in [2.45, 2.75) is 0 Å². The summed E-state index contributed by atoms with van der Waals surface area (Å²) in [6, 6.07) is 3.62. The maximum Gasteiger partial charge on any atom is 0.182 e. The van der Waals surface area contributed by atoms with Crippen molar-refractivity contribution >= 4 is 17.3 Å². The van der Waals surface area contributed by atoms with Gasteiger partial charge in [0.2, 0.25) is 0 Å². The van der Waals surface area contributed by atoms with E-state index >= 15 is 0 Å². The third-order valence-corrected chi connectivity index (χ3v) is 2.21. The average molecular weight is 202 g/mol. The standard InChI is InChI=1S/C8H9ClN2O2/c9-7-5(11-10)1-2-6-8(7)13-4-3-12-6/h1-2,11H,3-4,10H2/p+1. The lowest BCUT2D eigenvalue weighted by Gasteiger charge is -2.19. The van der Waals surface area contributed by atoms with Crippen molar-refractivity contribution in [1.82, 2.24) is 0 Å². The van der Waals surface area contributed by atoms with Crippen LogP contribution in [0.3, 0.4) is 0 Å². The van der Waals surface area contributed by atoms with E-state index in [0.717, 1.165) is 5.69 Å². The Labute approximate surface area is 80.5 Å². The van der Waals surface area contributed by atoms with Crippen LogP contribution >= 0.6 is 11.6 Å². The van der Waals surface area contributed by atoms with E-state index in [4.69, 9.17) is 21.1 Å². The van der Waals surface area contributed by atoms with E-state index in [-0.39, 0.29) is 0 Å². The Balaban J connectivity index is 2.48. The average Bonchev–Trinajstić information content (AvgIpc) is 2.19. The van der Waals surface area contributed by atoms with E-state index in [0.29, 0.717) is 29.7 Å². The fourth-order valence-electron chi connectivity index (χ4n) is 1.22. The molecule has 0 saturated carbocycles. The number of fused-ring (bicyclic) bond motifs is 1. The molecule has 0 aromatic heterocycles. The molecule has 0 unspecified atom stereocenters. The zero-order chi connectivity index (χ0) is 9.26. The minimum absolute atomic E-state index is 0.521. The normalized spacial score (nSPS) is 14.0. The second-order valence-electron chi connectivity index (χ2n) is 2.63. The fourth-order valence-corrected chi connectivity index (χ4v) is 1.50. The summed E-state index contributed by atoms with van der Waals surface area (Å²) in [6.07, 6.45) is 0. The van der Waals surface area contributed by atoms with Gasteiger partial charge >= 0.3 is 0 Å². The lowest BCUT2D eigenvalue weighted by Crippen LogP contribution is -2.56. The second kappa shape index (κ2) is 3.32. The van der Waals surface area contributed by atoms with Crippen molar-refractivity contribution < 1.29 is 15.3 Å². The van der Waals surface area contributed by atoms with Crippen molar-refractivity contribution in [2.24, 2.45) is 0 Å². The van der Waals surface area contributed by atoms with Crippen molar-refractivity contribution in [2.75, 3.05) is 18.6 Å². The van der Waals surface area contributed by atoms with Crippen LogP contribution in [-0.2, 0) is 0 Å². The van der Waals surface area contributed by atoms with Crippen LogP contribution in [0, 0.1) is 0 Å². The number of quaternary nitrogens is 1. The summed E-state index contributed by atoms with van der Waals surface area (Å²) in [7, 11) is 0. The van der Waals surface area contributed by atoms with Crippen LogP contribution in [0.4, 0.5) is 5.69 Å². The molecule has 0 amide bonds. The molecular formula is C8H10ClN2O2+.